The van der Waals surface area contributed by atoms with E-state index in [9.17, 15) is 56.4 Å². The fourth-order valence-electron chi connectivity index (χ4n) is 15.5. The Balaban J connectivity index is 0.000000153. The number of rotatable bonds is 13. The third kappa shape index (κ3) is 24.4. The number of fused-ring (bicyclic) bond motifs is 18. The maximum absolute atomic E-state index is 12.1. The summed E-state index contributed by atoms with van der Waals surface area (Å²) in [7, 11) is 14.0. The minimum atomic E-state index is -3.68. The van der Waals surface area contributed by atoms with Gasteiger partial charge >= 0.3 is 34.4 Å². The van der Waals surface area contributed by atoms with Crippen molar-refractivity contribution in [2.75, 3.05) is 20.5 Å². The molecule has 708 valence electrons. The predicted octanol–water partition coefficient (Wildman–Crippen LogP) is 25.7. The van der Waals surface area contributed by atoms with Crippen LogP contribution in [0.2, 0.25) is 15.1 Å². The molecule has 0 amide bonds. The zero-order valence-electron chi connectivity index (χ0n) is 74.7. The van der Waals surface area contributed by atoms with Crippen LogP contribution >= 0.6 is 123 Å². The minimum Gasteiger partial charge on any atom is -0.481 e. The summed E-state index contributed by atoms with van der Waals surface area (Å²) < 4.78 is 44.7. The zero-order valence-corrected chi connectivity index (χ0v) is 85.0. The van der Waals surface area contributed by atoms with Crippen molar-refractivity contribution < 1.29 is 60.7 Å². The third-order valence-corrected chi connectivity index (χ3v) is 24.5. The number of ketones is 2. The van der Waals surface area contributed by atoms with E-state index in [4.69, 9.17) is 142 Å². The SMILES string of the molecule is CC(=O)n1c2ccc(Cl)cc2c2ccc(C(=O)C(C)Cl)cc21.CC(=O)n1c2ccccc2c2ccccc21.CC(C(=O)O)c1ccc2c(c1)[nH]c1ccc(Cl)cc12.CCC(=O)Cl.CCC(=O)c1ccc2c3ccccc3n(C(C)=O)c2c1.COC(OC)(c1ccc2c(c1)[nH]c1ccc(Cl)cc12)C(C)OS(C)(=O)=O.O=c1n(Cl)c(=O)n(Cl)c(=O)n1Cl.[Cl][Al]([Cl])[Cl].c1ccc2c(c1)[nH]c1ccccc12. The molecule has 4 N–H and O–H groups in total. The first-order valence-corrected chi connectivity index (χ1v) is 51.7. The summed E-state index contributed by atoms with van der Waals surface area (Å²) in [6.45, 7) is 13.1. The Morgan fingerprint density at radius 2 is 0.745 bits per heavy atom. The number of aliphatic carboxylic acids is 1. The lowest BCUT2D eigenvalue weighted by atomic mass is 9.99. The number of Topliss-reactive ketones (excluding diaryl/α,β-unsaturated/α-hetero) is 2. The largest absolute Gasteiger partial charge is 0.643 e. The Kier molecular flexibility index (Phi) is 36.1. The van der Waals surface area contributed by atoms with Gasteiger partial charge in [0.2, 0.25) is 28.8 Å². The molecule has 0 bridgehead atoms. The number of carbonyl (C=O) groups excluding carboxylic acids is 6. The first kappa shape index (κ1) is 106. The van der Waals surface area contributed by atoms with Crippen LogP contribution in [0.3, 0.4) is 0 Å². The van der Waals surface area contributed by atoms with E-state index in [0.29, 0.717) is 50.1 Å². The summed E-state index contributed by atoms with van der Waals surface area (Å²) in [6.07, 6.45) is 0.987. The number of nitrogens with one attached hydrogen (secondary N) is 3. The highest BCUT2D eigenvalue weighted by Gasteiger charge is 2.42. The van der Waals surface area contributed by atoms with Gasteiger partial charge in [0, 0.05) is 213 Å². The Morgan fingerprint density at radius 3 is 1.15 bits per heavy atom. The van der Waals surface area contributed by atoms with Crippen molar-refractivity contribution in [1.82, 2.24) is 40.9 Å². The van der Waals surface area contributed by atoms with Crippen molar-refractivity contribution in [3.05, 3.63) is 317 Å². The molecule has 7 aromatic heterocycles. The fourth-order valence-corrected chi connectivity index (χ4v) is 17.4. The molecule has 19 aromatic rings. The molecular formula is C99H85AlCl11N9O16S. The first-order valence-electron chi connectivity index (χ1n) is 41.7. The molecule has 137 heavy (non-hydrogen) atoms. The van der Waals surface area contributed by atoms with E-state index >= 15 is 0 Å². The predicted molar refractivity (Wildman–Crippen MR) is 559 cm³/mol. The number of ether oxygens (including phenoxy) is 2. The Hall–Kier alpha value is -11.1. The van der Waals surface area contributed by atoms with Gasteiger partial charge in [-0.3, -0.25) is 51.4 Å². The van der Waals surface area contributed by atoms with Crippen LogP contribution in [0.1, 0.15) is 120 Å². The Morgan fingerprint density at radius 1 is 0.416 bits per heavy atom. The number of methoxy groups -OCH3 is 2. The normalized spacial score (nSPS) is 11.9. The van der Waals surface area contributed by atoms with Crippen LogP contribution in [-0.2, 0) is 39.2 Å². The molecule has 0 saturated carbocycles. The summed E-state index contributed by atoms with van der Waals surface area (Å²) in [5, 5.41) is 22.9. The number of H-pyrrole nitrogens is 3. The first-order chi connectivity index (χ1) is 65.0. The summed E-state index contributed by atoms with van der Waals surface area (Å²) >= 11 is 42.5. The number of carboxylic acids is 1. The molecule has 12 aromatic carbocycles. The van der Waals surface area contributed by atoms with Gasteiger partial charge in [-0.05, 0) is 147 Å². The highest BCUT2D eigenvalue weighted by Crippen LogP contribution is 2.39. The van der Waals surface area contributed by atoms with Gasteiger partial charge in [-0.25, -0.2) is 44.5 Å². The van der Waals surface area contributed by atoms with Crippen LogP contribution in [-0.4, -0.2) is 138 Å². The quantitative estimate of drug-likeness (QED) is 0.0208. The van der Waals surface area contributed by atoms with Gasteiger partial charge in [0.15, 0.2) is 11.6 Å². The van der Waals surface area contributed by atoms with Crippen molar-refractivity contribution in [1.29, 1.82) is 0 Å². The number of carboxylic acid groups (broad SMARTS) is 1. The number of hydrogen-bond donors (Lipinski definition) is 4. The molecule has 0 saturated heterocycles. The Bertz CT molecular complexity index is 7970. The Labute approximate surface area is 840 Å². The molecule has 7 heterocycles. The molecule has 3 atom stereocenters. The van der Waals surface area contributed by atoms with E-state index < -0.39 is 67.7 Å². The van der Waals surface area contributed by atoms with Crippen LogP contribution in [0, 0.1) is 0 Å². The van der Waals surface area contributed by atoms with Crippen LogP contribution in [0.25, 0.3) is 131 Å². The molecular weight excluding hydrogens is 2020 g/mol. The van der Waals surface area contributed by atoms with Crippen LogP contribution in [0.15, 0.2) is 263 Å². The average Bonchev–Trinajstić information content (AvgIpc) is 1.61. The monoisotopic (exact) mass is 2100 g/mol. The van der Waals surface area contributed by atoms with Crippen molar-refractivity contribution in [3.8, 4) is 0 Å². The topological polar surface area (TPSA) is 330 Å². The zero-order chi connectivity index (χ0) is 100. The van der Waals surface area contributed by atoms with E-state index in [1.807, 2.05) is 177 Å². The summed E-state index contributed by atoms with van der Waals surface area (Å²) in [5.41, 5.74) is 10.4. The number of benzene rings is 12. The highest BCUT2D eigenvalue weighted by molar-refractivity contribution is 7.86. The highest BCUT2D eigenvalue weighted by atomic mass is 35.8. The van der Waals surface area contributed by atoms with E-state index in [0.717, 1.165) is 115 Å². The second-order valence-corrected chi connectivity index (χ2v) is 42.1. The molecule has 0 spiro atoms. The molecule has 0 aliphatic rings. The van der Waals surface area contributed by atoms with Crippen molar-refractivity contribution in [2.45, 2.75) is 91.4 Å². The number of aromatic nitrogens is 9. The van der Waals surface area contributed by atoms with E-state index in [1.54, 1.807) is 73.4 Å². The van der Waals surface area contributed by atoms with Crippen molar-refractivity contribution in [3.63, 3.8) is 0 Å². The van der Waals surface area contributed by atoms with Gasteiger partial charge in [-0.1, -0.05) is 188 Å². The number of halogens is 11. The average molecular weight is 2110 g/mol. The minimum absolute atomic E-state index is 0.0442. The maximum Gasteiger partial charge on any atom is 0.643 e. The van der Waals surface area contributed by atoms with E-state index in [2.05, 4.69) is 75.6 Å². The van der Waals surface area contributed by atoms with Gasteiger partial charge in [-0.15, -0.1) is 23.9 Å². The lowest BCUT2D eigenvalue weighted by Crippen LogP contribution is -2.47. The van der Waals surface area contributed by atoms with Gasteiger partial charge in [-0.2, -0.15) is 8.42 Å². The maximum atomic E-state index is 12.1. The van der Waals surface area contributed by atoms with Crippen LogP contribution < -0.4 is 17.1 Å². The van der Waals surface area contributed by atoms with Gasteiger partial charge in [0.05, 0.1) is 50.7 Å². The molecule has 19 rings (SSSR count). The van der Waals surface area contributed by atoms with Gasteiger partial charge in [0.1, 0.15) is 6.10 Å². The number of aromatic amines is 3. The van der Waals surface area contributed by atoms with E-state index in [1.165, 1.54) is 42.9 Å². The third-order valence-electron chi connectivity index (χ3n) is 21.8. The number of hydrogen-bond acceptors (Lipinski definition) is 15. The molecule has 0 aliphatic heterocycles. The van der Waals surface area contributed by atoms with Gasteiger partial charge in [0.25, 0.3) is 10.1 Å². The number of nitrogens with zero attached hydrogens (tertiary/aromatic N) is 6. The molecule has 0 aliphatic carbocycles. The van der Waals surface area contributed by atoms with Crippen molar-refractivity contribution in [2.24, 2.45) is 0 Å². The van der Waals surface area contributed by atoms with Crippen LogP contribution in [0.5, 0.6) is 0 Å². The second-order valence-electron chi connectivity index (χ2n) is 30.6. The lowest BCUT2D eigenvalue weighted by Gasteiger charge is -2.35. The smallest absolute Gasteiger partial charge is 0.481 e. The van der Waals surface area contributed by atoms with Crippen molar-refractivity contribution >= 4 is 316 Å². The summed E-state index contributed by atoms with van der Waals surface area (Å²) in [5.74, 6) is -2.90. The molecule has 0 fully saturated rings. The molecule has 0 radical (unpaired) electrons. The fraction of sp³-hybridized carbons (Fsp3) is 0.172. The number of para-hydroxylation sites is 5. The van der Waals surface area contributed by atoms with Crippen LogP contribution in [0.4, 0.5) is 0 Å². The van der Waals surface area contributed by atoms with Gasteiger partial charge < -0.3 is 29.5 Å². The summed E-state index contributed by atoms with van der Waals surface area (Å²) in [4.78, 5) is 123. The molecule has 38 heteroatoms. The number of carbonyl (C=O) groups is 7. The number of alkyl halides is 1. The molecule has 3 unspecified atom stereocenters. The van der Waals surface area contributed by atoms with E-state index in [-0.39, 0.29) is 46.8 Å². The second kappa shape index (κ2) is 46.6. The molecule has 25 nitrogen and oxygen atoms in total. The summed E-state index contributed by atoms with van der Waals surface area (Å²) in [6, 6.07) is 79.4. The lowest BCUT2D eigenvalue weighted by molar-refractivity contribution is -0.257. The standard InChI is InChI=1S/C18H20ClNO5S.C17H13Cl2NO2.C17H15NO2.C15H12ClNO2.C14H11NO.C12H9N.C3Cl3N3O3.C3H5ClO.Al.3ClH/c1-11(25-26(4,21)22)18(23-2,24-3)12-5-7-14-15-10-13(19)6-8-16(15)20-17(14)9-12;1-9(18)17(22)11-3-5-13-14-8-12(19)4-6-15(14)20(10(2)21)16(13)7-11;1-3-17(20)12-8-9-14-13-6-4-5-7-15(13)18(11(2)19)16(14)10-12;1-8(15(18)19)9-2-4-11-12-7-10(16)3-5-13(12)17-14(11)6-9;1-10(16)15-13-8-4-2-6-11(13)12-7-3-5-9-14(12)15;1-3-7-11-9(5-1)10-6-2-4-8-12(10)13-11;4-7-1(10)8(5)3(12)9(6)2(7)11;1-2-3(4)5;;;;/h5-11,20H,1-4H3;3-9H,1-2H3;4-10H,3H2,1-2H3;2-8,17H,1H3,(H,18,19);2-9H,1H3;1-8,13H;;2H2,1H3;;3*1H/q;;;;;;;;+3;;;/p-3.